The van der Waals surface area contributed by atoms with E-state index in [1.54, 1.807) is 12.5 Å². The predicted molar refractivity (Wildman–Crippen MR) is 53.1 cm³/mol. The molecule has 0 saturated heterocycles. The molecular weight excluding hydrogens is 196 g/mol. The fraction of sp³-hybridized carbons (Fsp3) is 0.444. The summed E-state index contributed by atoms with van der Waals surface area (Å²) in [6, 6.07) is 0.127. The Morgan fingerprint density at radius 3 is 2.87 bits per heavy atom. The molecule has 2 N–H and O–H groups in total. The maximum atomic E-state index is 11.4. The number of nitrogens with two attached hydrogens (primary N) is 1. The van der Waals surface area contributed by atoms with Crippen LogP contribution in [0.15, 0.2) is 17.5 Å². The van der Waals surface area contributed by atoms with Gasteiger partial charge >= 0.3 is 0 Å². The number of imidazole rings is 1. The first-order valence-electron chi connectivity index (χ1n) is 4.66. The predicted octanol–water partition coefficient (Wildman–Crippen LogP) is 0.377. The first-order chi connectivity index (χ1) is 7.09. The SMILES string of the molecule is CC(C)n1cncc1C1OC(N)=NC1=O. The second-order valence-corrected chi connectivity index (χ2v) is 3.61. The lowest BCUT2D eigenvalue weighted by molar-refractivity contribution is -0.123. The number of hydrogen-bond acceptors (Lipinski definition) is 4. The Morgan fingerprint density at radius 2 is 2.33 bits per heavy atom. The molecule has 80 valence electrons. The van der Waals surface area contributed by atoms with E-state index in [0.29, 0.717) is 5.69 Å². The molecule has 1 unspecified atom stereocenters. The van der Waals surface area contributed by atoms with Gasteiger partial charge in [-0.15, -0.1) is 0 Å². The molecule has 0 saturated carbocycles. The number of aliphatic imine (C=N–C) groups is 1. The summed E-state index contributed by atoms with van der Waals surface area (Å²) >= 11 is 0. The largest absolute Gasteiger partial charge is 0.445 e. The lowest BCUT2D eigenvalue weighted by atomic mass is 10.2. The van der Waals surface area contributed by atoms with Crippen molar-refractivity contribution < 1.29 is 9.53 Å². The number of carbonyl (C=O) groups is 1. The van der Waals surface area contributed by atoms with Crippen molar-refractivity contribution in [2.24, 2.45) is 10.7 Å². The van der Waals surface area contributed by atoms with E-state index in [1.165, 1.54) is 0 Å². The van der Waals surface area contributed by atoms with Crippen LogP contribution in [-0.4, -0.2) is 21.5 Å². The van der Waals surface area contributed by atoms with Crippen LogP contribution < -0.4 is 5.73 Å². The van der Waals surface area contributed by atoms with Gasteiger partial charge in [0.2, 0.25) is 6.10 Å². The first kappa shape index (κ1) is 9.70. The number of carbonyl (C=O) groups excluding carboxylic acids is 1. The number of aromatic nitrogens is 2. The van der Waals surface area contributed by atoms with Crippen LogP contribution in [0.4, 0.5) is 0 Å². The van der Waals surface area contributed by atoms with E-state index in [1.807, 2.05) is 18.4 Å². The van der Waals surface area contributed by atoms with Gasteiger partial charge in [-0.25, -0.2) is 4.98 Å². The Balaban J connectivity index is 2.32. The highest BCUT2D eigenvalue weighted by Gasteiger charge is 2.32. The monoisotopic (exact) mass is 208 g/mol. The average molecular weight is 208 g/mol. The zero-order valence-corrected chi connectivity index (χ0v) is 8.54. The van der Waals surface area contributed by atoms with Crippen LogP contribution >= 0.6 is 0 Å². The van der Waals surface area contributed by atoms with Gasteiger partial charge in [0.05, 0.1) is 18.2 Å². The maximum absolute atomic E-state index is 11.4. The molecule has 0 spiro atoms. The number of amides is 1. The van der Waals surface area contributed by atoms with Crippen molar-refractivity contribution in [2.75, 3.05) is 0 Å². The summed E-state index contributed by atoms with van der Waals surface area (Å²) in [5.41, 5.74) is 6.00. The highest BCUT2D eigenvalue weighted by Crippen LogP contribution is 2.24. The zero-order valence-electron chi connectivity index (χ0n) is 8.54. The lowest BCUT2D eigenvalue weighted by Crippen LogP contribution is -2.17. The zero-order chi connectivity index (χ0) is 11.0. The summed E-state index contributed by atoms with van der Waals surface area (Å²) in [4.78, 5) is 18.9. The van der Waals surface area contributed by atoms with Crippen molar-refractivity contribution in [3.8, 4) is 0 Å². The molecule has 1 aromatic rings. The Bertz CT molecular complexity index is 422. The normalized spacial score (nSPS) is 20.6. The van der Waals surface area contributed by atoms with Gasteiger partial charge in [0.15, 0.2) is 0 Å². The summed E-state index contributed by atoms with van der Waals surface area (Å²) in [6.45, 7) is 3.99. The van der Waals surface area contributed by atoms with Gasteiger partial charge in [-0.1, -0.05) is 0 Å². The average Bonchev–Trinajstić information content (AvgIpc) is 2.71. The minimum absolute atomic E-state index is 0.0819. The van der Waals surface area contributed by atoms with E-state index >= 15 is 0 Å². The fourth-order valence-electron chi connectivity index (χ4n) is 1.50. The minimum Gasteiger partial charge on any atom is -0.445 e. The van der Waals surface area contributed by atoms with E-state index in [9.17, 15) is 4.79 Å². The second kappa shape index (κ2) is 3.38. The molecule has 15 heavy (non-hydrogen) atoms. The number of hydrogen-bond donors (Lipinski definition) is 1. The lowest BCUT2D eigenvalue weighted by Gasteiger charge is -2.14. The van der Waals surface area contributed by atoms with Gasteiger partial charge < -0.3 is 15.0 Å². The van der Waals surface area contributed by atoms with Gasteiger partial charge in [-0.05, 0) is 13.8 Å². The number of nitrogens with zero attached hydrogens (tertiary/aromatic N) is 3. The molecule has 0 aromatic carbocycles. The maximum Gasteiger partial charge on any atom is 0.297 e. The van der Waals surface area contributed by atoms with Crippen LogP contribution in [0.1, 0.15) is 31.7 Å². The third kappa shape index (κ3) is 1.58. The Kier molecular flexibility index (Phi) is 2.18. The van der Waals surface area contributed by atoms with Crippen molar-refractivity contribution in [1.29, 1.82) is 0 Å². The Morgan fingerprint density at radius 1 is 1.60 bits per heavy atom. The third-order valence-corrected chi connectivity index (χ3v) is 2.20. The summed E-state index contributed by atoms with van der Waals surface area (Å²) in [7, 11) is 0. The molecule has 0 aliphatic carbocycles. The molecule has 6 nitrogen and oxygen atoms in total. The molecule has 6 heteroatoms. The van der Waals surface area contributed by atoms with Crippen molar-refractivity contribution in [3.05, 3.63) is 18.2 Å². The van der Waals surface area contributed by atoms with Crippen LogP contribution in [0.3, 0.4) is 0 Å². The minimum atomic E-state index is -0.741. The molecule has 2 heterocycles. The summed E-state index contributed by atoms with van der Waals surface area (Å²) in [5.74, 6) is -0.380. The van der Waals surface area contributed by atoms with Crippen LogP contribution in [0.5, 0.6) is 0 Å². The van der Waals surface area contributed by atoms with Crippen LogP contribution in [-0.2, 0) is 9.53 Å². The van der Waals surface area contributed by atoms with Crippen molar-refractivity contribution >= 4 is 11.9 Å². The molecule has 1 aliphatic heterocycles. The molecule has 1 amide bonds. The first-order valence-corrected chi connectivity index (χ1v) is 4.66. The topological polar surface area (TPSA) is 82.5 Å². The number of amidine groups is 1. The fourth-order valence-corrected chi connectivity index (χ4v) is 1.50. The number of rotatable bonds is 2. The molecule has 2 rings (SSSR count). The molecule has 1 aromatic heterocycles. The van der Waals surface area contributed by atoms with E-state index in [4.69, 9.17) is 10.5 Å². The van der Waals surface area contributed by atoms with E-state index in [0.717, 1.165) is 0 Å². The van der Waals surface area contributed by atoms with Crippen molar-refractivity contribution in [3.63, 3.8) is 0 Å². The number of ether oxygens (including phenoxy) is 1. The van der Waals surface area contributed by atoms with Crippen LogP contribution in [0.25, 0.3) is 0 Å². The standard InChI is InChI=1S/C9H12N4O2/c1-5(2)13-4-11-3-6(13)7-8(14)12-9(10)15-7/h3-5,7H,1-2H3,(H2,10,12,14). The van der Waals surface area contributed by atoms with Crippen molar-refractivity contribution in [2.45, 2.75) is 26.0 Å². The van der Waals surface area contributed by atoms with Gasteiger partial charge in [0.1, 0.15) is 0 Å². The molecule has 0 fully saturated rings. The summed E-state index contributed by atoms with van der Waals surface area (Å²) in [5, 5.41) is 0. The van der Waals surface area contributed by atoms with E-state index < -0.39 is 6.10 Å². The van der Waals surface area contributed by atoms with Crippen LogP contribution in [0, 0.1) is 0 Å². The molecule has 1 aliphatic rings. The van der Waals surface area contributed by atoms with Crippen LogP contribution in [0.2, 0.25) is 0 Å². The van der Waals surface area contributed by atoms with E-state index in [-0.39, 0.29) is 18.0 Å². The second-order valence-electron chi connectivity index (χ2n) is 3.61. The third-order valence-electron chi connectivity index (χ3n) is 2.20. The molecule has 0 bridgehead atoms. The Labute approximate surface area is 86.8 Å². The smallest absolute Gasteiger partial charge is 0.297 e. The van der Waals surface area contributed by atoms with E-state index in [2.05, 4.69) is 9.98 Å². The quantitative estimate of drug-likeness (QED) is 0.761. The highest BCUT2D eigenvalue weighted by atomic mass is 16.5. The summed E-state index contributed by atoms with van der Waals surface area (Å²) in [6.07, 6.45) is 2.51. The Hall–Kier alpha value is -1.85. The molecular formula is C9H12N4O2. The highest BCUT2D eigenvalue weighted by molar-refractivity contribution is 5.98. The van der Waals surface area contributed by atoms with Gasteiger partial charge in [-0.2, -0.15) is 4.99 Å². The van der Waals surface area contributed by atoms with Gasteiger partial charge in [0, 0.05) is 6.04 Å². The summed E-state index contributed by atoms with van der Waals surface area (Å²) < 4.78 is 6.98. The van der Waals surface area contributed by atoms with Gasteiger partial charge in [-0.3, -0.25) is 4.79 Å². The van der Waals surface area contributed by atoms with Gasteiger partial charge in [0.25, 0.3) is 11.9 Å². The van der Waals surface area contributed by atoms with Crippen molar-refractivity contribution in [1.82, 2.24) is 9.55 Å². The molecule has 1 atom stereocenters. The molecule has 0 radical (unpaired) electrons.